The van der Waals surface area contributed by atoms with Crippen molar-refractivity contribution < 1.29 is 19.5 Å². The number of carbonyl (C=O) groups is 3. The highest BCUT2D eigenvalue weighted by molar-refractivity contribution is 5.96. The number of nitrogens with two attached hydrogens (primary N) is 1. The van der Waals surface area contributed by atoms with Crippen LogP contribution in [0.2, 0.25) is 0 Å². The highest BCUT2D eigenvalue weighted by Gasteiger charge is 2.13. The van der Waals surface area contributed by atoms with Crippen LogP contribution in [0.1, 0.15) is 16.8 Å². The van der Waals surface area contributed by atoms with Gasteiger partial charge in [-0.25, -0.2) is 4.79 Å². The lowest BCUT2D eigenvalue weighted by molar-refractivity contribution is -0.137. The SMILES string of the molecule is CN(CCC(=O)O)C(=O)c1cccc(NC(N)=O)c1. The molecule has 19 heavy (non-hydrogen) atoms. The summed E-state index contributed by atoms with van der Waals surface area (Å²) in [6, 6.07) is 5.53. The van der Waals surface area contributed by atoms with E-state index in [2.05, 4.69) is 5.32 Å². The van der Waals surface area contributed by atoms with Gasteiger partial charge in [0, 0.05) is 24.8 Å². The topological polar surface area (TPSA) is 113 Å². The van der Waals surface area contributed by atoms with Crippen molar-refractivity contribution in [1.82, 2.24) is 4.90 Å². The van der Waals surface area contributed by atoms with E-state index in [0.717, 1.165) is 0 Å². The van der Waals surface area contributed by atoms with Gasteiger partial charge in [0.15, 0.2) is 0 Å². The van der Waals surface area contributed by atoms with Gasteiger partial charge in [0.25, 0.3) is 5.91 Å². The Morgan fingerprint density at radius 1 is 1.37 bits per heavy atom. The molecule has 0 unspecified atom stereocenters. The van der Waals surface area contributed by atoms with Crippen LogP contribution < -0.4 is 11.1 Å². The third-order valence-corrected chi connectivity index (χ3v) is 2.38. The van der Waals surface area contributed by atoms with Crippen molar-refractivity contribution in [3.05, 3.63) is 29.8 Å². The summed E-state index contributed by atoms with van der Waals surface area (Å²) < 4.78 is 0. The van der Waals surface area contributed by atoms with Gasteiger partial charge in [-0.1, -0.05) is 6.07 Å². The van der Waals surface area contributed by atoms with E-state index in [1.165, 1.54) is 18.0 Å². The molecule has 0 aliphatic rings. The first-order chi connectivity index (χ1) is 8.90. The second kappa shape index (κ2) is 6.39. The van der Waals surface area contributed by atoms with Crippen molar-refractivity contribution >= 4 is 23.6 Å². The van der Waals surface area contributed by atoms with Crippen LogP contribution in [0.5, 0.6) is 0 Å². The van der Waals surface area contributed by atoms with Gasteiger partial charge >= 0.3 is 12.0 Å². The van der Waals surface area contributed by atoms with Crippen molar-refractivity contribution in [3.63, 3.8) is 0 Å². The molecule has 3 amide bonds. The van der Waals surface area contributed by atoms with Crippen LogP contribution in [0.4, 0.5) is 10.5 Å². The number of rotatable bonds is 5. The summed E-state index contributed by atoms with van der Waals surface area (Å²) in [5.74, 6) is -1.29. The Kier molecular flexibility index (Phi) is 4.87. The van der Waals surface area contributed by atoms with Gasteiger partial charge < -0.3 is 21.1 Å². The minimum Gasteiger partial charge on any atom is -0.481 e. The molecule has 0 spiro atoms. The van der Waals surface area contributed by atoms with Gasteiger partial charge in [-0.05, 0) is 18.2 Å². The minimum absolute atomic E-state index is 0.113. The number of benzene rings is 1. The zero-order valence-electron chi connectivity index (χ0n) is 10.4. The first kappa shape index (κ1) is 14.5. The predicted molar refractivity (Wildman–Crippen MR) is 68.9 cm³/mol. The number of urea groups is 1. The van der Waals surface area contributed by atoms with Crippen LogP contribution >= 0.6 is 0 Å². The zero-order valence-corrected chi connectivity index (χ0v) is 10.4. The van der Waals surface area contributed by atoms with Crippen LogP contribution in [-0.2, 0) is 4.79 Å². The van der Waals surface area contributed by atoms with Crippen LogP contribution in [-0.4, -0.2) is 41.5 Å². The number of nitrogens with one attached hydrogen (secondary N) is 1. The molecule has 0 heterocycles. The number of nitrogens with zero attached hydrogens (tertiary/aromatic N) is 1. The van der Waals surface area contributed by atoms with Crippen molar-refractivity contribution in [2.75, 3.05) is 18.9 Å². The van der Waals surface area contributed by atoms with E-state index in [1.54, 1.807) is 18.2 Å². The Balaban J connectivity index is 2.75. The molecule has 0 radical (unpaired) electrons. The van der Waals surface area contributed by atoms with E-state index >= 15 is 0 Å². The molecule has 0 aliphatic carbocycles. The molecule has 0 aliphatic heterocycles. The van der Waals surface area contributed by atoms with Crippen LogP contribution in [0.15, 0.2) is 24.3 Å². The first-order valence-electron chi connectivity index (χ1n) is 5.54. The molecule has 0 bridgehead atoms. The largest absolute Gasteiger partial charge is 0.481 e. The first-order valence-corrected chi connectivity index (χ1v) is 5.54. The number of primary amides is 1. The fourth-order valence-corrected chi connectivity index (χ4v) is 1.46. The van der Waals surface area contributed by atoms with Crippen molar-refractivity contribution in [2.24, 2.45) is 5.73 Å². The Bertz CT molecular complexity index is 502. The van der Waals surface area contributed by atoms with Crippen molar-refractivity contribution in [3.8, 4) is 0 Å². The fourth-order valence-electron chi connectivity index (χ4n) is 1.46. The van der Waals surface area contributed by atoms with Crippen LogP contribution in [0.25, 0.3) is 0 Å². The lowest BCUT2D eigenvalue weighted by Crippen LogP contribution is -2.29. The van der Waals surface area contributed by atoms with Gasteiger partial charge in [-0.3, -0.25) is 9.59 Å². The second-order valence-corrected chi connectivity index (χ2v) is 3.94. The molecule has 0 fully saturated rings. The molecule has 0 saturated carbocycles. The van der Waals surface area contributed by atoms with E-state index in [9.17, 15) is 14.4 Å². The third-order valence-electron chi connectivity index (χ3n) is 2.38. The Morgan fingerprint density at radius 2 is 2.05 bits per heavy atom. The molecule has 7 nitrogen and oxygen atoms in total. The second-order valence-electron chi connectivity index (χ2n) is 3.94. The number of anilines is 1. The molecule has 0 saturated heterocycles. The van der Waals surface area contributed by atoms with Gasteiger partial charge in [0.05, 0.1) is 6.42 Å². The maximum absolute atomic E-state index is 12.0. The molecular formula is C12H15N3O4. The quantitative estimate of drug-likeness (QED) is 0.728. The molecule has 7 heteroatoms. The highest BCUT2D eigenvalue weighted by atomic mass is 16.4. The Morgan fingerprint density at radius 3 is 2.63 bits per heavy atom. The summed E-state index contributed by atoms with van der Waals surface area (Å²) in [4.78, 5) is 34.4. The maximum atomic E-state index is 12.0. The molecule has 1 aromatic carbocycles. The van der Waals surface area contributed by atoms with Crippen LogP contribution in [0, 0.1) is 0 Å². The van der Waals surface area contributed by atoms with E-state index in [4.69, 9.17) is 10.8 Å². The summed E-state index contributed by atoms with van der Waals surface area (Å²) in [6.45, 7) is 0.113. The number of carboxylic acids is 1. The molecule has 102 valence electrons. The number of carbonyl (C=O) groups excluding carboxylic acids is 2. The number of amides is 3. The number of carboxylic acid groups (broad SMARTS) is 1. The summed E-state index contributed by atoms with van der Waals surface area (Å²) >= 11 is 0. The van der Waals surface area contributed by atoms with Crippen molar-refractivity contribution in [2.45, 2.75) is 6.42 Å². The average Bonchev–Trinajstić information content (AvgIpc) is 2.34. The van der Waals surface area contributed by atoms with Gasteiger partial charge in [-0.15, -0.1) is 0 Å². The standard InChI is InChI=1S/C12H15N3O4/c1-15(6-5-10(16)17)11(18)8-3-2-4-9(7-8)14-12(13)19/h2-4,7H,5-6H2,1H3,(H,16,17)(H3,13,14,19). The monoisotopic (exact) mass is 265 g/mol. The zero-order chi connectivity index (χ0) is 14.4. The normalized spacial score (nSPS) is 9.74. The predicted octanol–water partition coefficient (Wildman–Crippen LogP) is 0.724. The molecule has 1 rings (SSSR count). The highest BCUT2D eigenvalue weighted by Crippen LogP contribution is 2.12. The van der Waals surface area contributed by atoms with Gasteiger partial charge in [0.1, 0.15) is 0 Å². The van der Waals surface area contributed by atoms with E-state index < -0.39 is 12.0 Å². The minimum atomic E-state index is -0.969. The maximum Gasteiger partial charge on any atom is 0.316 e. The molecule has 0 atom stereocenters. The molecule has 0 aromatic heterocycles. The average molecular weight is 265 g/mol. The lowest BCUT2D eigenvalue weighted by Gasteiger charge is -2.16. The smallest absolute Gasteiger partial charge is 0.316 e. The fraction of sp³-hybridized carbons (Fsp3) is 0.250. The Labute approximate surface area is 110 Å². The molecular weight excluding hydrogens is 250 g/mol. The summed E-state index contributed by atoms with van der Waals surface area (Å²) in [5, 5.41) is 10.9. The van der Waals surface area contributed by atoms with E-state index in [-0.39, 0.29) is 18.9 Å². The van der Waals surface area contributed by atoms with Gasteiger partial charge in [-0.2, -0.15) is 0 Å². The molecule has 4 N–H and O–H groups in total. The van der Waals surface area contributed by atoms with Crippen molar-refractivity contribution in [1.29, 1.82) is 0 Å². The third kappa shape index (κ3) is 4.66. The van der Waals surface area contributed by atoms with E-state index in [0.29, 0.717) is 11.3 Å². The number of hydrogen-bond donors (Lipinski definition) is 3. The lowest BCUT2D eigenvalue weighted by atomic mass is 10.1. The van der Waals surface area contributed by atoms with Crippen LogP contribution in [0.3, 0.4) is 0 Å². The molecule has 1 aromatic rings. The Hall–Kier alpha value is -2.57. The summed E-state index contributed by atoms with van der Waals surface area (Å²) in [7, 11) is 1.51. The summed E-state index contributed by atoms with van der Waals surface area (Å²) in [6.07, 6.45) is -0.124. The number of hydrogen-bond acceptors (Lipinski definition) is 3. The summed E-state index contributed by atoms with van der Waals surface area (Å²) in [5.41, 5.74) is 5.73. The van der Waals surface area contributed by atoms with Gasteiger partial charge in [0.2, 0.25) is 0 Å². The number of aliphatic carboxylic acids is 1. The van der Waals surface area contributed by atoms with E-state index in [1.807, 2.05) is 0 Å².